The number of amides is 2. The van der Waals surface area contributed by atoms with E-state index >= 15 is 0 Å². The third kappa shape index (κ3) is 3.60. The number of carbonyl (C=O) groups is 2. The molecule has 0 N–H and O–H groups in total. The number of carbonyl (C=O) groups excluding carboxylic acids is 2. The molecule has 2 heterocycles. The molecule has 7 nitrogen and oxygen atoms in total. The maximum absolute atomic E-state index is 13.6. The van der Waals surface area contributed by atoms with E-state index in [2.05, 4.69) is 0 Å². The molecule has 0 unspecified atom stereocenters. The molecule has 33 heavy (non-hydrogen) atoms. The van der Waals surface area contributed by atoms with Gasteiger partial charge in [0.2, 0.25) is 5.91 Å². The van der Waals surface area contributed by atoms with Crippen molar-refractivity contribution < 1.29 is 23.9 Å². The van der Waals surface area contributed by atoms with Crippen LogP contribution in [0.5, 0.6) is 11.5 Å². The van der Waals surface area contributed by atoms with E-state index in [4.69, 9.17) is 14.3 Å². The van der Waals surface area contributed by atoms with Crippen molar-refractivity contribution in [2.24, 2.45) is 5.92 Å². The number of para-hydroxylation sites is 1. The van der Waals surface area contributed by atoms with Crippen molar-refractivity contribution in [2.45, 2.75) is 18.7 Å². The number of hydroxylamine groups is 1. The summed E-state index contributed by atoms with van der Waals surface area (Å²) in [7, 11) is 3.16. The van der Waals surface area contributed by atoms with E-state index in [0.29, 0.717) is 11.5 Å². The van der Waals surface area contributed by atoms with Crippen LogP contribution in [0.1, 0.15) is 17.2 Å². The summed E-state index contributed by atoms with van der Waals surface area (Å²) in [6.45, 7) is 0.210. The average molecular weight is 444 g/mol. The van der Waals surface area contributed by atoms with Gasteiger partial charge in [-0.15, -0.1) is 0 Å². The van der Waals surface area contributed by atoms with Crippen LogP contribution in [0.3, 0.4) is 0 Å². The number of hydrogen-bond donors (Lipinski definition) is 0. The van der Waals surface area contributed by atoms with Gasteiger partial charge >= 0.3 is 0 Å². The van der Waals surface area contributed by atoms with Crippen LogP contribution in [-0.4, -0.2) is 37.0 Å². The Kier molecular flexibility index (Phi) is 5.48. The highest BCUT2D eigenvalue weighted by Crippen LogP contribution is 2.49. The fourth-order valence-electron chi connectivity index (χ4n) is 4.58. The summed E-state index contributed by atoms with van der Waals surface area (Å²) in [5.74, 6) is -0.100. The number of nitrogens with zero attached hydrogens (tertiary/aromatic N) is 2. The van der Waals surface area contributed by atoms with Gasteiger partial charge in [-0.3, -0.25) is 19.3 Å². The van der Waals surface area contributed by atoms with Crippen LogP contribution in [0.4, 0.5) is 5.69 Å². The fraction of sp³-hybridized carbons (Fsp3) is 0.231. The normalized spacial score (nSPS) is 21.9. The van der Waals surface area contributed by atoms with E-state index in [1.807, 2.05) is 66.7 Å². The van der Waals surface area contributed by atoms with Crippen molar-refractivity contribution in [3.63, 3.8) is 0 Å². The highest BCUT2D eigenvalue weighted by molar-refractivity contribution is 6.07. The van der Waals surface area contributed by atoms with E-state index in [0.717, 1.165) is 16.8 Å². The zero-order chi connectivity index (χ0) is 22.9. The number of imide groups is 1. The summed E-state index contributed by atoms with van der Waals surface area (Å²) in [4.78, 5) is 34.5. The Morgan fingerprint density at radius 1 is 0.848 bits per heavy atom. The van der Waals surface area contributed by atoms with Gasteiger partial charge in [0.15, 0.2) is 6.10 Å². The SMILES string of the molecule is COc1ccc(OC)c([C@H]2[C@H]3C(=O)N(Cc4ccccc4)C(=O)[C@@H]3ON2c2ccccc2)c1. The van der Waals surface area contributed by atoms with E-state index in [1.165, 1.54) is 4.90 Å². The van der Waals surface area contributed by atoms with Crippen molar-refractivity contribution in [2.75, 3.05) is 19.3 Å². The van der Waals surface area contributed by atoms with Crippen LogP contribution in [0.2, 0.25) is 0 Å². The molecule has 0 bridgehead atoms. The van der Waals surface area contributed by atoms with Gasteiger partial charge in [0, 0.05) is 5.56 Å². The highest BCUT2D eigenvalue weighted by Gasteiger charge is 2.60. The predicted molar refractivity (Wildman–Crippen MR) is 122 cm³/mol. The van der Waals surface area contributed by atoms with E-state index < -0.39 is 18.1 Å². The molecule has 3 aromatic carbocycles. The zero-order valence-corrected chi connectivity index (χ0v) is 18.4. The second-order valence-corrected chi connectivity index (χ2v) is 8.01. The molecule has 2 aliphatic rings. The lowest BCUT2D eigenvalue weighted by atomic mass is 9.89. The topological polar surface area (TPSA) is 68.3 Å². The van der Waals surface area contributed by atoms with Crippen molar-refractivity contribution in [3.8, 4) is 11.5 Å². The smallest absolute Gasteiger partial charge is 0.262 e. The minimum Gasteiger partial charge on any atom is -0.497 e. The zero-order valence-electron chi connectivity index (χ0n) is 18.4. The van der Waals surface area contributed by atoms with Gasteiger partial charge in [-0.25, -0.2) is 5.06 Å². The number of methoxy groups -OCH3 is 2. The summed E-state index contributed by atoms with van der Waals surface area (Å²) in [5.41, 5.74) is 2.35. The Morgan fingerprint density at radius 2 is 1.55 bits per heavy atom. The lowest BCUT2D eigenvalue weighted by Gasteiger charge is -2.29. The predicted octanol–water partition coefficient (Wildman–Crippen LogP) is 3.75. The van der Waals surface area contributed by atoms with Gasteiger partial charge in [0.1, 0.15) is 23.5 Å². The first kappa shape index (κ1) is 21.0. The summed E-state index contributed by atoms with van der Waals surface area (Å²) >= 11 is 0. The minimum atomic E-state index is -0.915. The fourth-order valence-corrected chi connectivity index (χ4v) is 4.58. The van der Waals surface area contributed by atoms with E-state index in [9.17, 15) is 9.59 Å². The first-order valence-corrected chi connectivity index (χ1v) is 10.7. The summed E-state index contributed by atoms with van der Waals surface area (Å²) in [5, 5.41) is 1.66. The van der Waals surface area contributed by atoms with Gasteiger partial charge in [-0.1, -0.05) is 48.5 Å². The number of rotatable bonds is 6. The molecule has 3 atom stereocenters. The highest BCUT2D eigenvalue weighted by atomic mass is 16.7. The largest absolute Gasteiger partial charge is 0.497 e. The van der Waals surface area contributed by atoms with Crippen LogP contribution in [0.15, 0.2) is 78.9 Å². The lowest BCUT2D eigenvalue weighted by molar-refractivity contribution is -0.143. The third-order valence-corrected chi connectivity index (χ3v) is 6.16. The number of ether oxygens (including phenoxy) is 2. The van der Waals surface area contributed by atoms with Gasteiger partial charge < -0.3 is 9.47 Å². The molecule has 5 rings (SSSR count). The Balaban J connectivity index is 1.58. The lowest BCUT2D eigenvalue weighted by Crippen LogP contribution is -2.37. The molecule has 3 aromatic rings. The molecule has 0 radical (unpaired) electrons. The quantitative estimate of drug-likeness (QED) is 0.540. The maximum Gasteiger partial charge on any atom is 0.262 e. The molecule has 0 spiro atoms. The second-order valence-electron chi connectivity index (χ2n) is 8.01. The Bertz CT molecular complexity index is 1170. The Morgan fingerprint density at radius 3 is 2.21 bits per heavy atom. The van der Waals surface area contributed by atoms with Crippen molar-refractivity contribution >= 4 is 17.5 Å². The van der Waals surface area contributed by atoms with Gasteiger partial charge in [0.25, 0.3) is 5.91 Å². The van der Waals surface area contributed by atoms with Gasteiger partial charge in [-0.05, 0) is 35.9 Å². The standard InChI is InChI=1S/C26H24N2O5/c1-31-19-13-14-21(32-2)20(15-19)23-22-24(33-28(23)18-11-7-4-8-12-18)26(30)27(25(22)29)16-17-9-5-3-6-10-17/h3-15,22-24H,16H2,1-2H3/t22-,23+,24-/m1/s1. The molecule has 2 saturated heterocycles. The van der Waals surface area contributed by atoms with E-state index in [1.54, 1.807) is 31.4 Å². The number of likely N-dealkylation sites (tertiary alicyclic amines) is 1. The van der Waals surface area contributed by atoms with Gasteiger partial charge in [-0.2, -0.15) is 0 Å². The summed E-state index contributed by atoms with van der Waals surface area (Å²) < 4.78 is 11.1. The molecular formula is C26H24N2O5. The first-order chi connectivity index (χ1) is 16.1. The van der Waals surface area contributed by atoms with Crippen LogP contribution in [-0.2, 0) is 21.0 Å². The first-order valence-electron chi connectivity index (χ1n) is 10.7. The Hall–Kier alpha value is -3.84. The van der Waals surface area contributed by atoms with E-state index in [-0.39, 0.29) is 18.4 Å². The average Bonchev–Trinajstić information content (AvgIpc) is 3.36. The number of benzene rings is 3. The van der Waals surface area contributed by atoms with Crippen molar-refractivity contribution in [1.82, 2.24) is 4.90 Å². The third-order valence-electron chi connectivity index (χ3n) is 6.16. The minimum absolute atomic E-state index is 0.210. The van der Waals surface area contributed by atoms with Crippen LogP contribution in [0.25, 0.3) is 0 Å². The van der Waals surface area contributed by atoms with Crippen LogP contribution in [0, 0.1) is 5.92 Å². The second kappa shape index (κ2) is 8.60. The molecule has 168 valence electrons. The molecule has 0 aliphatic carbocycles. The Labute approximate surface area is 192 Å². The molecule has 0 aromatic heterocycles. The molecule has 2 aliphatic heterocycles. The molecule has 2 fully saturated rings. The molecular weight excluding hydrogens is 420 g/mol. The summed E-state index contributed by atoms with van der Waals surface area (Å²) in [6.07, 6.45) is -0.915. The van der Waals surface area contributed by atoms with Crippen molar-refractivity contribution in [1.29, 1.82) is 0 Å². The molecule has 7 heteroatoms. The van der Waals surface area contributed by atoms with Crippen molar-refractivity contribution in [3.05, 3.63) is 90.0 Å². The van der Waals surface area contributed by atoms with Crippen LogP contribution >= 0.6 is 0 Å². The number of anilines is 1. The number of fused-ring (bicyclic) bond motifs is 1. The number of hydrogen-bond acceptors (Lipinski definition) is 6. The monoisotopic (exact) mass is 444 g/mol. The van der Waals surface area contributed by atoms with Crippen LogP contribution < -0.4 is 14.5 Å². The summed E-state index contributed by atoms with van der Waals surface area (Å²) in [6, 6.07) is 23.8. The molecule has 2 amide bonds. The van der Waals surface area contributed by atoms with Gasteiger partial charge in [0.05, 0.1) is 26.5 Å². The maximum atomic E-state index is 13.6. The molecule has 0 saturated carbocycles.